The SMILES string of the molecule is OC(c1ccc2c(c1)COC2)c1ccc(Br)cc1F. The zero-order valence-electron chi connectivity index (χ0n) is 10.1. The molecule has 0 saturated heterocycles. The molecule has 4 heteroatoms. The molecule has 1 heterocycles. The molecule has 0 amide bonds. The predicted octanol–water partition coefficient (Wildman–Crippen LogP) is 3.70. The molecule has 1 unspecified atom stereocenters. The van der Waals surface area contributed by atoms with Crippen LogP contribution in [0.15, 0.2) is 40.9 Å². The summed E-state index contributed by atoms with van der Waals surface area (Å²) < 4.78 is 19.8. The van der Waals surface area contributed by atoms with Crippen molar-refractivity contribution in [2.75, 3.05) is 0 Å². The maximum atomic E-state index is 13.8. The first-order chi connectivity index (χ1) is 9.15. The summed E-state index contributed by atoms with van der Waals surface area (Å²) in [6.07, 6.45) is -0.959. The molecule has 3 rings (SSSR count). The highest BCUT2D eigenvalue weighted by atomic mass is 79.9. The monoisotopic (exact) mass is 322 g/mol. The standard InChI is InChI=1S/C15H12BrFO2/c16-12-3-4-13(14(17)6-12)15(18)9-1-2-10-7-19-8-11(10)5-9/h1-6,15,18H,7-8H2. The van der Waals surface area contributed by atoms with E-state index in [1.807, 2.05) is 18.2 Å². The lowest BCUT2D eigenvalue weighted by atomic mass is 9.98. The zero-order valence-corrected chi connectivity index (χ0v) is 11.7. The van der Waals surface area contributed by atoms with Gasteiger partial charge in [0.15, 0.2) is 0 Å². The van der Waals surface area contributed by atoms with Gasteiger partial charge in [-0.15, -0.1) is 0 Å². The molecule has 1 aliphatic heterocycles. The second-order valence-corrected chi connectivity index (χ2v) is 5.50. The molecule has 0 saturated carbocycles. The van der Waals surface area contributed by atoms with Gasteiger partial charge in [-0.2, -0.15) is 0 Å². The molecule has 0 radical (unpaired) electrons. The molecule has 2 aromatic rings. The first-order valence-corrected chi connectivity index (χ1v) is 6.77. The lowest BCUT2D eigenvalue weighted by molar-refractivity contribution is 0.134. The van der Waals surface area contributed by atoms with Crippen molar-refractivity contribution < 1.29 is 14.2 Å². The van der Waals surface area contributed by atoms with E-state index in [1.54, 1.807) is 12.1 Å². The highest BCUT2D eigenvalue weighted by molar-refractivity contribution is 9.10. The van der Waals surface area contributed by atoms with E-state index in [9.17, 15) is 9.50 Å². The molecule has 98 valence electrons. The van der Waals surface area contributed by atoms with Gasteiger partial charge in [0.05, 0.1) is 13.2 Å². The van der Waals surface area contributed by atoms with Gasteiger partial charge < -0.3 is 9.84 Å². The number of aliphatic hydroxyl groups excluding tert-OH is 1. The Morgan fingerprint density at radius 1 is 1.11 bits per heavy atom. The molecule has 19 heavy (non-hydrogen) atoms. The number of aliphatic hydroxyl groups is 1. The first kappa shape index (κ1) is 12.8. The Kier molecular flexibility index (Phi) is 3.39. The van der Waals surface area contributed by atoms with Crippen LogP contribution in [0, 0.1) is 5.82 Å². The molecule has 0 spiro atoms. The van der Waals surface area contributed by atoms with Crippen molar-refractivity contribution in [1.29, 1.82) is 0 Å². The summed E-state index contributed by atoms with van der Waals surface area (Å²) in [5, 5.41) is 10.3. The fourth-order valence-electron chi connectivity index (χ4n) is 2.26. The lowest BCUT2D eigenvalue weighted by Gasteiger charge is -2.13. The average Bonchev–Trinajstić information content (AvgIpc) is 2.85. The van der Waals surface area contributed by atoms with Crippen LogP contribution in [0.5, 0.6) is 0 Å². The van der Waals surface area contributed by atoms with Gasteiger partial charge in [-0.3, -0.25) is 0 Å². The molecule has 1 aliphatic rings. The Labute approximate surface area is 119 Å². The maximum Gasteiger partial charge on any atom is 0.130 e. The van der Waals surface area contributed by atoms with E-state index in [1.165, 1.54) is 6.07 Å². The summed E-state index contributed by atoms with van der Waals surface area (Å²) >= 11 is 3.20. The van der Waals surface area contributed by atoms with E-state index in [0.717, 1.165) is 11.1 Å². The van der Waals surface area contributed by atoms with Crippen molar-refractivity contribution in [2.45, 2.75) is 19.3 Å². The summed E-state index contributed by atoms with van der Waals surface area (Å²) in [6.45, 7) is 1.16. The first-order valence-electron chi connectivity index (χ1n) is 5.97. The van der Waals surface area contributed by atoms with E-state index in [-0.39, 0.29) is 5.56 Å². The average molecular weight is 323 g/mol. The second-order valence-electron chi connectivity index (χ2n) is 4.59. The number of hydrogen-bond acceptors (Lipinski definition) is 2. The molecule has 2 aromatic carbocycles. The van der Waals surface area contributed by atoms with Gasteiger partial charge in [-0.1, -0.05) is 40.2 Å². The third-order valence-corrected chi connectivity index (χ3v) is 3.81. The summed E-state index contributed by atoms with van der Waals surface area (Å²) in [4.78, 5) is 0. The van der Waals surface area contributed by atoms with Crippen molar-refractivity contribution in [3.05, 3.63) is 68.9 Å². The normalized spacial score (nSPS) is 15.3. The van der Waals surface area contributed by atoms with E-state index >= 15 is 0 Å². The predicted molar refractivity (Wildman–Crippen MR) is 73.1 cm³/mol. The highest BCUT2D eigenvalue weighted by Gasteiger charge is 2.18. The highest BCUT2D eigenvalue weighted by Crippen LogP contribution is 2.29. The minimum atomic E-state index is -0.959. The lowest BCUT2D eigenvalue weighted by Crippen LogP contribution is -2.03. The Balaban J connectivity index is 1.97. The molecular formula is C15H12BrFO2. The molecule has 0 aromatic heterocycles. The van der Waals surface area contributed by atoms with Crippen LogP contribution in [0.4, 0.5) is 4.39 Å². The van der Waals surface area contributed by atoms with Crippen LogP contribution < -0.4 is 0 Å². The van der Waals surface area contributed by atoms with Crippen LogP contribution >= 0.6 is 15.9 Å². The summed E-state index contributed by atoms with van der Waals surface area (Å²) in [6, 6.07) is 10.3. The Hall–Kier alpha value is -1.23. The van der Waals surface area contributed by atoms with Crippen LogP contribution in [0.2, 0.25) is 0 Å². The summed E-state index contributed by atoms with van der Waals surface area (Å²) in [7, 11) is 0. The van der Waals surface area contributed by atoms with Crippen molar-refractivity contribution in [2.24, 2.45) is 0 Å². The molecule has 0 bridgehead atoms. The van der Waals surface area contributed by atoms with Gasteiger partial charge in [0.2, 0.25) is 0 Å². The third-order valence-electron chi connectivity index (χ3n) is 3.32. The zero-order chi connectivity index (χ0) is 13.4. The number of rotatable bonds is 2. The molecular weight excluding hydrogens is 311 g/mol. The molecule has 1 atom stereocenters. The minimum Gasteiger partial charge on any atom is -0.384 e. The topological polar surface area (TPSA) is 29.5 Å². The maximum absolute atomic E-state index is 13.8. The number of fused-ring (bicyclic) bond motifs is 1. The number of ether oxygens (including phenoxy) is 1. The Morgan fingerprint density at radius 2 is 1.89 bits per heavy atom. The van der Waals surface area contributed by atoms with Crippen molar-refractivity contribution in [3.8, 4) is 0 Å². The van der Waals surface area contributed by atoms with Gasteiger partial charge in [-0.25, -0.2) is 4.39 Å². The fraction of sp³-hybridized carbons (Fsp3) is 0.200. The summed E-state index contributed by atoms with van der Waals surface area (Å²) in [5.74, 6) is -0.418. The van der Waals surface area contributed by atoms with Crippen molar-refractivity contribution in [3.63, 3.8) is 0 Å². The Bertz CT molecular complexity index is 628. The van der Waals surface area contributed by atoms with E-state index in [2.05, 4.69) is 15.9 Å². The van der Waals surface area contributed by atoms with Gasteiger partial charge in [0, 0.05) is 10.0 Å². The van der Waals surface area contributed by atoms with E-state index in [0.29, 0.717) is 23.2 Å². The largest absolute Gasteiger partial charge is 0.384 e. The third kappa shape index (κ3) is 2.43. The number of hydrogen-bond donors (Lipinski definition) is 1. The van der Waals surface area contributed by atoms with Gasteiger partial charge >= 0.3 is 0 Å². The van der Waals surface area contributed by atoms with Gasteiger partial charge in [-0.05, 0) is 28.8 Å². The molecule has 0 aliphatic carbocycles. The van der Waals surface area contributed by atoms with Crippen molar-refractivity contribution in [1.82, 2.24) is 0 Å². The van der Waals surface area contributed by atoms with Crippen LogP contribution in [0.1, 0.15) is 28.4 Å². The van der Waals surface area contributed by atoms with E-state index < -0.39 is 11.9 Å². The van der Waals surface area contributed by atoms with Crippen LogP contribution in [0.25, 0.3) is 0 Å². The second kappa shape index (κ2) is 5.04. The molecule has 2 nitrogen and oxygen atoms in total. The van der Waals surface area contributed by atoms with Gasteiger partial charge in [0.1, 0.15) is 11.9 Å². The molecule has 1 N–H and O–H groups in total. The van der Waals surface area contributed by atoms with Gasteiger partial charge in [0.25, 0.3) is 0 Å². The quantitative estimate of drug-likeness (QED) is 0.913. The number of halogens is 2. The minimum absolute atomic E-state index is 0.280. The van der Waals surface area contributed by atoms with Crippen LogP contribution in [0.3, 0.4) is 0 Å². The van der Waals surface area contributed by atoms with E-state index in [4.69, 9.17) is 4.74 Å². The molecule has 0 fully saturated rings. The summed E-state index contributed by atoms with van der Waals surface area (Å²) in [5.41, 5.74) is 3.16. The number of benzene rings is 2. The van der Waals surface area contributed by atoms with Crippen molar-refractivity contribution >= 4 is 15.9 Å². The fourth-order valence-corrected chi connectivity index (χ4v) is 2.60. The van der Waals surface area contributed by atoms with Crippen LogP contribution in [-0.4, -0.2) is 5.11 Å². The Morgan fingerprint density at radius 3 is 2.68 bits per heavy atom. The van der Waals surface area contributed by atoms with Crippen LogP contribution in [-0.2, 0) is 18.0 Å². The smallest absolute Gasteiger partial charge is 0.130 e.